The van der Waals surface area contributed by atoms with E-state index < -0.39 is 10.0 Å². The Bertz CT molecular complexity index is 556. The van der Waals surface area contributed by atoms with Crippen LogP contribution in [0.1, 0.15) is 47.2 Å². The van der Waals surface area contributed by atoms with E-state index in [1.54, 1.807) is 19.3 Å². The summed E-state index contributed by atoms with van der Waals surface area (Å²) in [6, 6.07) is 1.97. The predicted molar refractivity (Wildman–Crippen MR) is 86.6 cm³/mol. The standard InChI is InChI=1S/C15H29N3O2S/c1-11(2)16-9-13-8-14(10-17-13)21(19,20)18(7)12(3)15(4,5)6/h8,10-12,16-17H,9H2,1-7H3. The second kappa shape index (κ2) is 6.50. The van der Waals surface area contributed by atoms with Crippen LogP contribution in [-0.2, 0) is 16.6 Å². The Hall–Kier alpha value is -0.850. The summed E-state index contributed by atoms with van der Waals surface area (Å²) in [6.45, 7) is 12.8. The number of sulfonamides is 1. The Morgan fingerprint density at radius 2 is 1.86 bits per heavy atom. The van der Waals surface area contributed by atoms with Crippen molar-refractivity contribution in [1.82, 2.24) is 14.6 Å². The summed E-state index contributed by atoms with van der Waals surface area (Å²) in [4.78, 5) is 3.35. The molecule has 0 saturated heterocycles. The molecular formula is C15H29N3O2S. The number of hydrogen-bond acceptors (Lipinski definition) is 3. The van der Waals surface area contributed by atoms with Gasteiger partial charge in [0.05, 0.1) is 4.90 Å². The van der Waals surface area contributed by atoms with E-state index in [2.05, 4.69) is 24.1 Å². The van der Waals surface area contributed by atoms with Gasteiger partial charge in [0.15, 0.2) is 0 Å². The Labute approximate surface area is 129 Å². The lowest BCUT2D eigenvalue weighted by atomic mass is 9.88. The molecule has 21 heavy (non-hydrogen) atoms. The van der Waals surface area contributed by atoms with E-state index in [0.29, 0.717) is 17.5 Å². The van der Waals surface area contributed by atoms with E-state index in [0.717, 1.165) is 5.69 Å². The summed E-state index contributed by atoms with van der Waals surface area (Å²) in [5.74, 6) is 0. The second-order valence-electron chi connectivity index (χ2n) is 6.96. The minimum absolute atomic E-state index is 0.0883. The molecule has 0 fully saturated rings. The van der Waals surface area contributed by atoms with Crippen LogP contribution < -0.4 is 5.32 Å². The first-order valence-corrected chi connectivity index (χ1v) is 8.79. The molecule has 6 heteroatoms. The van der Waals surface area contributed by atoms with Crippen molar-refractivity contribution in [2.45, 2.75) is 65.1 Å². The molecule has 1 aromatic heterocycles. The number of nitrogens with one attached hydrogen (secondary N) is 2. The van der Waals surface area contributed by atoms with Gasteiger partial charge in [-0.2, -0.15) is 4.31 Å². The van der Waals surface area contributed by atoms with Crippen molar-refractivity contribution in [3.63, 3.8) is 0 Å². The molecule has 0 aliphatic carbocycles. The highest BCUT2D eigenvalue weighted by molar-refractivity contribution is 7.89. The first-order valence-electron chi connectivity index (χ1n) is 7.35. The number of hydrogen-bond donors (Lipinski definition) is 2. The highest BCUT2D eigenvalue weighted by Gasteiger charge is 2.32. The summed E-state index contributed by atoms with van der Waals surface area (Å²) in [5, 5.41) is 3.26. The Balaban J connectivity index is 2.93. The van der Waals surface area contributed by atoms with Gasteiger partial charge >= 0.3 is 0 Å². The SMILES string of the molecule is CC(C)NCc1cc(S(=O)(=O)N(C)C(C)C(C)(C)C)c[nH]1. The number of aromatic nitrogens is 1. The van der Waals surface area contributed by atoms with Crippen LogP contribution in [0, 0.1) is 5.41 Å². The van der Waals surface area contributed by atoms with E-state index >= 15 is 0 Å². The van der Waals surface area contributed by atoms with Gasteiger partial charge in [0.2, 0.25) is 10.0 Å². The van der Waals surface area contributed by atoms with E-state index in [-0.39, 0.29) is 11.5 Å². The van der Waals surface area contributed by atoms with E-state index in [9.17, 15) is 8.42 Å². The molecule has 0 aliphatic heterocycles. The molecule has 1 atom stereocenters. The third-order valence-corrected chi connectivity index (χ3v) is 5.80. The third-order valence-electron chi connectivity index (χ3n) is 3.89. The highest BCUT2D eigenvalue weighted by Crippen LogP contribution is 2.27. The fourth-order valence-corrected chi connectivity index (χ4v) is 3.47. The van der Waals surface area contributed by atoms with Gasteiger partial charge in [0, 0.05) is 37.6 Å². The molecule has 1 heterocycles. The highest BCUT2D eigenvalue weighted by atomic mass is 32.2. The molecule has 0 bridgehead atoms. The molecule has 122 valence electrons. The average Bonchev–Trinajstić information content (AvgIpc) is 2.82. The predicted octanol–water partition coefficient (Wildman–Crippen LogP) is 2.57. The topological polar surface area (TPSA) is 65.2 Å². The summed E-state index contributed by atoms with van der Waals surface area (Å²) in [5.41, 5.74) is 0.763. The van der Waals surface area contributed by atoms with Crippen LogP contribution in [0.5, 0.6) is 0 Å². The lowest BCUT2D eigenvalue weighted by Gasteiger charge is -2.34. The average molecular weight is 315 g/mol. The first-order chi connectivity index (χ1) is 9.46. The van der Waals surface area contributed by atoms with Gasteiger partial charge in [-0.15, -0.1) is 0 Å². The molecule has 1 aromatic rings. The Morgan fingerprint density at radius 1 is 1.29 bits per heavy atom. The van der Waals surface area contributed by atoms with Crippen molar-refractivity contribution < 1.29 is 8.42 Å². The molecule has 0 amide bonds. The van der Waals surface area contributed by atoms with Crippen LogP contribution in [0.15, 0.2) is 17.2 Å². The first kappa shape index (κ1) is 18.2. The largest absolute Gasteiger partial charge is 0.363 e. The van der Waals surface area contributed by atoms with E-state index in [1.807, 2.05) is 27.7 Å². The second-order valence-corrected chi connectivity index (χ2v) is 8.96. The van der Waals surface area contributed by atoms with Crippen molar-refractivity contribution in [2.75, 3.05) is 7.05 Å². The number of aromatic amines is 1. The maximum Gasteiger partial charge on any atom is 0.244 e. The molecule has 0 radical (unpaired) electrons. The zero-order valence-corrected chi connectivity index (χ0v) is 15.0. The van der Waals surface area contributed by atoms with E-state index in [1.165, 1.54) is 4.31 Å². The monoisotopic (exact) mass is 315 g/mol. The van der Waals surface area contributed by atoms with Crippen molar-refractivity contribution in [3.05, 3.63) is 18.0 Å². The van der Waals surface area contributed by atoms with Crippen LogP contribution in [0.25, 0.3) is 0 Å². The van der Waals surface area contributed by atoms with Crippen LogP contribution >= 0.6 is 0 Å². The molecule has 5 nitrogen and oxygen atoms in total. The smallest absolute Gasteiger partial charge is 0.244 e. The summed E-state index contributed by atoms with van der Waals surface area (Å²) in [7, 11) is -1.82. The lowest BCUT2D eigenvalue weighted by molar-refractivity contribution is 0.216. The number of H-pyrrole nitrogens is 1. The molecule has 0 aliphatic rings. The van der Waals surface area contributed by atoms with Gasteiger partial charge in [0.25, 0.3) is 0 Å². The van der Waals surface area contributed by atoms with Gasteiger partial charge in [-0.3, -0.25) is 0 Å². The molecule has 2 N–H and O–H groups in total. The van der Waals surface area contributed by atoms with Crippen LogP contribution in [0.3, 0.4) is 0 Å². The fourth-order valence-electron chi connectivity index (χ4n) is 1.90. The Morgan fingerprint density at radius 3 is 2.33 bits per heavy atom. The normalized spacial score (nSPS) is 14.9. The van der Waals surface area contributed by atoms with Crippen molar-refractivity contribution in [3.8, 4) is 0 Å². The van der Waals surface area contributed by atoms with Crippen molar-refractivity contribution in [1.29, 1.82) is 0 Å². The quantitative estimate of drug-likeness (QED) is 0.848. The molecule has 0 aromatic carbocycles. The molecule has 0 spiro atoms. The maximum absolute atomic E-state index is 12.7. The van der Waals surface area contributed by atoms with Crippen LogP contribution in [0.2, 0.25) is 0 Å². The van der Waals surface area contributed by atoms with Gasteiger partial charge in [-0.25, -0.2) is 8.42 Å². The van der Waals surface area contributed by atoms with Crippen LogP contribution in [-0.4, -0.2) is 36.8 Å². The minimum Gasteiger partial charge on any atom is -0.363 e. The molecular weight excluding hydrogens is 286 g/mol. The zero-order chi connectivity index (χ0) is 16.4. The van der Waals surface area contributed by atoms with Crippen molar-refractivity contribution >= 4 is 10.0 Å². The third kappa shape index (κ3) is 4.56. The number of nitrogens with zero attached hydrogens (tertiary/aromatic N) is 1. The fraction of sp³-hybridized carbons (Fsp3) is 0.733. The summed E-state index contributed by atoms with van der Waals surface area (Å²) < 4.78 is 26.8. The number of rotatable bonds is 6. The van der Waals surface area contributed by atoms with Gasteiger partial charge in [0.1, 0.15) is 0 Å². The zero-order valence-electron chi connectivity index (χ0n) is 14.2. The minimum atomic E-state index is -3.46. The van der Waals surface area contributed by atoms with Crippen LogP contribution in [0.4, 0.5) is 0 Å². The molecule has 1 rings (SSSR count). The van der Waals surface area contributed by atoms with Gasteiger partial charge in [-0.1, -0.05) is 34.6 Å². The van der Waals surface area contributed by atoms with Gasteiger partial charge in [-0.05, 0) is 18.4 Å². The molecule has 0 saturated carbocycles. The maximum atomic E-state index is 12.7. The van der Waals surface area contributed by atoms with E-state index in [4.69, 9.17) is 0 Å². The summed E-state index contributed by atoms with van der Waals surface area (Å²) in [6.07, 6.45) is 1.57. The molecule has 1 unspecified atom stereocenters. The van der Waals surface area contributed by atoms with Gasteiger partial charge < -0.3 is 10.3 Å². The summed E-state index contributed by atoms with van der Waals surface area (Å²) >= 11 is 0. The Kier molecular flexibility index (Phi) is 5.63. The lowest BCUT2D eigenvalue weighted by Crippen LogP contribution is -2.42. The van der Waals surface area contributed by atoms with Crippen molar-refractivity contribution in [2.24, 2.45) is 5.41 Å².